The number of rotatable bonds is 8. The Hall–Kier alpha value is -2.26. The molecule has 1 aromatic heterocycles. The summed E-state index contributed by atoms with van der Waals surface area (Å²) in [7, 11) is -2.08. The fourth-order valence-corrected chi connectivity index (χ4v) is 2.77. The summed E-state index contributed by atoms with van der Waals surface area (Å²) in [6.07, 6.45) is 1.53. The highest BCUT2D eigenvalue weighted by atomic mass is 32.2. The van der Waals surface area contributed by atoms with Crippen molar-refractivity contribution in [3.05, 3.63) is 41.5 Å². The molecule has 0 saturated carbocycles. The van der Waals surface area contributed by atoms with Crippen LogP contribution in [0.5, 0.6) is 0 Å². The first-order valence-corrected chi connectivity index (χ1v) is 8.97. The molecule has 1 heterocycles. The summed E-state index contributed by atoms with van der Waals surface area (Å²) in [4.78, 5) is 16.1. The van der Waals surface area contributed by atoms with Gasteiger partial charge in [0.2, 0.25) is 21.8 Å². The predicted molar refractivity (Wildman–Crippen MR) is 86.5 cm³/mol. The molecule has 0 saturated heterocycles. The lowest BCUT2D eigenvalue weighted by Crippen LogP contribution is -2.22. The van der Waals surface area contributed by atoms with Crippen molar-refractivity contribution in [3.8, 4) is 0 Å². The number of carbonyl (C=O) groups excluding carboxylic acids is 1. The van der Waals surface area contributed by atoms with E-state index in [1.54, 1.807) is 19.1 Å². The van der Waals surface area contributed by atoms with Gasteiger partial charge in [0.15, 0.2) is 5.82 Å². The van der Waals surface area contributed by atoms with E-state index >= 15 is 0 Å². The number of carbonyl (C=O) groups is 1. The third-order valence-corrected chi connectivity index (χ3v) is 4.79. The van der Waals surface area contributed by atoms with Gasteiger partial charge in [0.25, 0.3) is 0 Å². The summed E-state index contributed by atoms with van der Waals surface area (Å²) in [6, 6.07) is 6.36. The van der Waals surface area contributed by atoms with Crippen LogP contribution in [0.2, 0.25) is 0 Å². The van der Waals surface area contributed by atoms with Crippen LogP contribution in [0.25, 0.3) is 0 Å². The number of aromatic nitrogens is 2. The number of nitrogens with zero attached hydrogens (tertiary/aromatic N) is 2. The van der Waals surface area contributed by atoms with Crippen LogP contribution in [0, 0.1) is 6.92 Å². The molecular formula is C15H20N4O4S. The zero-order valence-corrected chi connectivity index (χ0v) is 14.4. The average Bonchev–Trinajstić information content (AvgIpc) is 2.98. The minimum atomic E-state index is -3.44. The van der Waals surface area contributed by atoms with E-state index in [1.165, 1.54) is 19.2 Å². The van der Waals surface area contributed by atoms with Crippen LogP contribution in [0.3, 0.4) is 0 Å². The van der Waals surface area contributed by atoms with E-state index in [-0.39, 0.29) is 10.8 Å². The van der Waals surface area contributed by atoms with Crippen molar-refractivity contribution >= 4 is 15.9 Å². The molecule has 0 atom stereocenters. The summed E-state index contributed by atoms with van der Waals surface area (Å²) in [6.45, 7) is 2.09. The van der Waals surface area contributed by atoms with Gasteiger partial charge in [0.05, 0.1) is 4.90 Å². The molecule has 1 aromatic carbocycles. The molecule has 0 aliphatic heterocycles. The van der Waals surface area contributed by atoms with E-state index in [4.69, 9.17) is 4.52 Å². The van der Waals surface area contributed by atoms with E-state index in [9.17, 15) is 13.2 Å². The number of hydrogen-bond acceptors (Lipinski definition) is 6. The van der Waals surface area contributed by atoms with E-state index < -0.39 is 10.0 Å². The summed E-state index contributed by atoms with van der Waals surface area (Å²) in [5.74, 6) is 1.03. The summed E-state index contributed by atoms with van der Waals surface area (Å²) >= 11 is 0. The molecule has 130 valence electrons. The number of benzene rings is 1. The lowest BCUT2D eigenvalue weighted by atomic mass is 10.2. The first-order valence-electron chi connectivity index (χ1n) is 7.49. The van der Waals surface area contributed by atoms with E-state index in [1.807, 2.05) is 0 Å². The van der Waals surface area contributed by atoms with E-state index in [0.717, 1.165) is 5.56 Å². The second-order valence-corrected chi connectivity index (χ2v) is 7.10. The molecule has 0 radical (unpaired) electrons. The maximum absolute atomic E-state index is 11.8. The molecule has 0 aliphatic rings. The highest BCUT2D eigenvalue weighted by Crippen LogP contribution is 2.10. The van der Waals surface area contributed by atoms with Crippen molar-refractivity contribution in [1.82, 2.24) is 20.2 Å². The van der Waals surface area contributed by atoms with Gasteiger partial charge in [-0.05, 0) is 38.1 Å². The van der Waals surface area contributed by atoms with Gasteiger partial charge in [-0.15, -0.1) is 0 Å². The van der Waals surface area contributed by atoms with Crippen LogP contribution in [0.15, 0.2) is 33.7 Å². The third kappa shape index (κ3) is 5.14. The van der Waals surface area contributed by atoms with Gasteiger partial charge in [-0.3, -0.25) is 4.79 Å². The monoisotopic (exact) mass is 352 g/mol. The van der Waals surface area contributed by atoms with Gasteiger partial charge in [-0.25, -0.2) is 13.1 Å². The Kier molecular flexibility index (Phi) is 6.04. The highest BCUT2D eigenvalue weighted by molar-refractivity contribution is 7.89. The molecule has 2 aromatic rings. The van der Waals surface area contributed by atoms with Gasteiger partial charge < -0.3 is 9.84 Å². The van der Waals surface area contributed by atoms with Crippen LogP contribution in [-0.4, -0.2) is 31.5 Å². The third-order valence-electron chi connectivity index (χ3n) is 3.36. The second-order valence-electron chi connectivity index (χ2n) is 5.22. The maximum Gasteiger partial charge on any atom is 0.240 e. The molecule has 24 heavy (non-hydrogen) atoms. The molecule has 0 unspecified atom stereocenters. The van der Waals surface area contributed by atoms with Crippen LogP contribution < -0.4 is 10.0 Å². The Morgan fingerprint density at radius 3 is 2.54 bits per heavy atom. The van der Waals surface area contributed by atoms with Crippen LogP contribution in [0.1, 0.15) is 30.1 Å². The molecule has 8 nitrogen and oxygen atoms in total. The summed E-state index contributed by atoms with van der Waals surface area (Å²) < 4.78 is 30.5. The SMILES string of the molecule is CNS(=O)(=O)c1ccc(CNC(=O)CCCc2nc(C)no2)cc1. The first kappa shape index (κ1) is 18.1. The molecule has 2 N–H and O–H groups in total. The number of nitrogens with one attached hydrogen (secondary N) is 2. The zero-order chi connectivity index (χ0) is 17.6. The summed E-state index contributed by atoms with van der Waals surface area (Å²) in [5, 5.41) is 6.48. The van der Waals surface area contributed by atoms with Crippen LogP contribution >= 0.6 is 0 Å². The van der Waals surface area contributed by atoms with E-state index in [2.05, 4.69) is 20.2 Å². The van der Waals surface area contributed by atoms with Crippen molar-refractivity contribution in [2.75, 3.05) is 7.05 Å². The van der Waals surface area contributed by atoms with Gasteiger partial charge in [-0.2, -0.15) is 4.98 Å². The maximum atomic E-state index is 11.8. The Balaban J connectivity index is 1.75. The molecule has 0 aliphatic carbocycles. The molecule has 0 bridgehead atoms. The molecule has 1 amide bonds. The van der Waals surface area contributed by atoms with Crippen molar-refractivity contribution in [2.45, 2.75) is 37.6 Å². The van der Waals surface area contributed by atoms with Crippen molar-refractivity contribution in [2.24, 2.45) is 0 Å². The average molecular weight is 352 g/mol. The van der Waals surface area contributed by atoms with Gasteiger partial charge in [-0.1, -0.05) is 17.3 Å². The number of hydrogen-bond donors (Lipinski definition) is 2. The minimum absolute atomic E-state index is 0.0850. The Bertz CT molecular complexity index is 784. The topological polar surface area (TPSA) is 114 Å². The largest absolute Gasteiger partial charge is 0.352 e. The van der Waals surface area contributed by atoms with Crippen molar-refractivity contribution < 1.29 is 17.7 Å². The Morgan fingerprint density at radius 1 is 1.25 bits per heavy atom. The molecule has 0 fully saturated rings. The number of amides is 1. The fourth-order valence-electron chi connectivity index (χ4n) is 2.04. The Morgan fingerprint density at radius 2 is 1.96 bits per heavy atom. The van der Waals surface area contributed by atoms with Gasteiger partial charge in [0.1, 0.15) is 0 Å². The number of aryl methyl sites for hydroxylation is 2. The predicted octanol–water partition coefficient (Wildman–Crippen LogP) is 0.925. The van der Waals surface area contributed by atoms with E-state index in [0.29, 0.717) is 37.5 Å². The zero-order valence-electron chi connectivity index (χ0n) is 13.6. The van der Waals surface area contributed by atoms with Crippen molar-refractivity contribution in [1.29, 1.82) is 0 Å². The lowest BCUT2D eigenvalue weighted by molar-refractivity contribution is -0.121. The molecule has 2 rings (SSSR count). The molecule has 9 heteroatoms. The minimum Gasteiger partial charge on any atom is -0.352 e. The van der Waals surface area contributed by atoms with Gasteiger partial charge in [0, 0.05) is 19.4 Å². The first-order chi connectivity index (χ1) is 11.4. The van der Waals surface area contributed by atoms with Crippen LogP contribution in [0.4, 0.5) is 0 Å². The summed E-state index contributed by atoms with van der Waals surface area (Å²) in [5.41, 5.74) is 0.825. The lowest BCUT2D eigenvalue weighted by Gasteiger charge is -2.06. The standard InChI is InChI=1S/C15H20N4O4S/c1-11-18-15(23-19-11)5-3-4-14(20)17-10-12-6-8-13(9-7-12)24(21,22)16-2/h6-9,16H,3-5,10H2,1-2H3,(H,17,20). The molecular weight excluding hydrogens is 332 g/mol. The Labute approximate surface area is 140 Å². The second kappa shape index (κ2) is 8.02. The van der Waals surface area contributed by atoms with Crippen molar-refractivity contribution in [3.63, 3.8) is 0 Å². The fraction of sp³-hybridized carbons (Fsp3) is 0.400. The smallest absolute Gasteiger partial charge is 0.240 e. The number of sulfonamides is 1. The molecule has 0 spiro atoms. The normalized spacial score (nSPS) is 11.4. The van der Waals surface area contributed by atoms with Gasteiger partial charge >= 0.3 is 0 Å². The quantitative estimate of drug-likeness (QED) is 0.730. The van der Waals surface area contributed by atoms with Crippen LogP contribution in [-0.2, 0) is 27.8 Å². The highest BCUT2D eigenvalue weighted by Gasteiger charge is 2.10.